The van der Waals surface area contributed by atoms with Crippen molar-refractivity contribution in [2.24, 2.45) is 0 Å². The van der Waals surface area contributed by atoms with Crippen LogP contribution < -0.4 is 5.73 Å². The third kappa shape index (κ3) is 2.81. The van der Waals surface area contributed by atoms with Crippen LogP contribution in [0.1, 0.15) is 25.3 Å². The van der Waals surface area contributed by atoms with Crippen molar-refractivity contribution < 1.29 is 9.00 Å². The Balaban J connectivity index is 2.18. The van der Waals surface area contributed by atoms with Crippen LogP contribution in [0.5, 0.6) is 0 Å². The molecule has 1 aromatic carbocycles. The van der Waals surface area contributed by atoms with Crippen LogP contribution in [0.4, 0.5) is 5.69 Å². The number of hydrogen-bond acceptors (Lipinski definition) is 3. The van der Waals surface area contributed by atoms with Crippen LogP contribution in [-0.4, -0.2) is 33.4 Å². The number of benzene rings is 1. The van der Waals surface area contributed by atoms with Crippen molar-refractivity contribution in [2.75, 3.05) is 18.8 Å². The highest BCUT2D eigenvalue weighted by Crippen LogP contribution is 2.22. The van der Waals surface area contributed by atoms with E-state index in [0.29, 0.717) is 10.6 Å². The van der Waals surface area contributed by atoms with E-state index in [9.17, 15) is 9.00 Å². The van der Waals surface area contributed by atoms with Gasteiger partial charge in [-0.15, -0.1) is 0 Å². The summed E-state index contributed by atoms with van der Waals surface area (Å²) in [5.41, 5.74) is 7.25. The summed E-state index contributed by atoms with van der Waals surface area (Å²) in [7, 11) is -1.35. The molecule has 0 saturated carbocycles. The number of nitrogens with zero attached hydrogens (tertiary/aromatic N) is 1. The fourth-order valence-corrected chi connectivity index (χ4v) is 3.67. The minimum atomic E-state index is -1.35. The second-order valence-corrected chi connectivity index (χ2v) is 6.68. The smallest absolute Gasteiger partial charge is 0.238 e. The lowest BCUT2D eigenvalue weighted by Gasteiger charge is -2.20. The fourth-order valence-electron chi connectivity index (χ4n) is 2.33. The predicted molar refractivity (Wildman–Crippen MR) is 77.3 cm³/mol. The number of rotatable bonds is 3. The van der Waals surface area contributed by atoms with Gasteiger partial charge in [0.1, 0.15) is 5.25 Å². The molecule has 1 fully saturated rings. The summed E-state index contributed by atoms with van der Waals surface area (Å²) in [6.07, 6.45) is 2.09. The topological polar surface area (TPSA) is 63.4 Å². The van der Waals surface area contributed by atoms with Crippen molar-refractivity contribution in [3.8, 4) is 0 Å². The van der Waals surface area contributed by atoms with Crippen molar-refractivity contribution in [3.05, 3.63) is 23.8 Å². The number of anilines is 1. The molecule has 1 aliphatic rings. The van der Waals surface area contributed by atoms with E-state index in [0.717, 1.165) is 31.5 Å². The molecule has 1 aliphatic heterocycles. The molecule has 0 radical (unpaired) electrons. The number of likely N-dealkylation sites (tertiary alicyclic amines) is 1. The molecule has 5 heteroatoms. The molecule has 2 unspecified atom stereocenters. The molecular weight excluding hydrogens is 260 g/mol. The summed E-state index contributed by atoms with van der Waals surface area (Å²) < 4.78 is 12.5. The normalized spacial score (nSPS) is 18.3. The number of amides is 1. The number of carbonyl (C=O) groups excluding carboxylic acids is 1. The molecule has 1 aromatic rings. The highest BCUT2D eigenvalue weighted by atomic mass is 32.2. The first-order valence-electron chi connectivity index (χ1n) is 6.57. The third-order valence-corrected chi connectivity index (χ3v) is 5.35. The van der Waals surface area contributed by atoms with Gasteiger partial charge in [0.2, 0.25) is 5.91 Å². The lowest BCUT2D eigenvalue weighted by molar-refractivity contribution is -0.129. The molecule has 0 aromatic heterocycles. The molecule has 2 N–H and O–H groups in total. The van der Waals surface area contributed by atoms with Crippen molar-refractivity contribution in [2.45, 2.75) is 36.8 Å². The maximum absolute atomic E-state index is 12.5. The largest absolute Gasteiger partial charge is 0.398 e. The quantitative estimate of drug-likeness (QED) is 0.857. The Kier molecular flexibility index (Phi) is 4.24. The molecule has 1 amide bonds. The summed E-state index contributed by atoms with van der Waals surface area (Å²) >= 11 is 0. The van der Waals surface area contributed by atoms with E-state index in [-0.39, 0.29) is 5.91 Å². The zero-order chi connectivity index (χ0) is 14.0. The molecule has 19 heavy (non-hydrogen) atoms. The zero-order valence-electron chi connectivity index (χ0n) is 11.4. The van der Waals surface area contributed by atoms with Gasteiger partial charge in [-0.25, -0.2) is 0 Å². The first-order chi connectivity index (χ1) is 9.02. The Morgan fingerprint density at radius 2 is 2.00 bits per heavy atom. The minimum Gasteiger partial charge on any atom is -0.398 e. The van der Waals surface area contributed by atoms with Crippen molar-refractivity contribution in [1.29, 1.82) is 0 Å². The van der Waals surface area contributed by atoms with Crippen molar-refractivity contribution >= 4 is 22.4 Å². The molecule has 2 rings (SSSR count). The summed E-state index contributed by atoms with van der Waals surface area (Å²) in [5.74, 6) is -0.0161. The Bertz CT molecular complexity index is 510. The minimum absolute atomic E-state index is 0.0161. The number of nitrogens with two attached hydrogens (primary N) is 1. The maximum atomic E-state index is 12.5. The van der Waals surface area contributed by atoms with E-state index in [1.807, 2.05) is 11.8 Å². The molecule has 0 bridgehead atoms. The SMILES string of the molecule is Cc1c(N)cccc1S(=O)C(C)C(=O)N1CCCC1. The van der Waals surface area contributed by atoms with Gasteiger partial charge in [0, 0.05) is 23.7 Å². The number of nitrogen functional groups attached to an aromatic ring is 1. The lowest BCUT2D eigenvalue weighted by Crippen LogP contribution is -2.38. The van der Waals surface area contributed by atoms with Crippen molar-refractivity contribution in [1.82, 2.24) is 4.90 Å². The van der Waals surface area contributed by atoms with E-state index < -0.39 is 16.0 Å². The lowest BCUT2D eigenvalue weighted by atomic mass is 10.2. The molecule has 1 heterocycles. The van der Waals surface area contributed by atoms with Crippen LogP contribution in [0.15, 0.2) is 23.1 Å². The molecule has 4 nitrogen and oxygen atoms in total. The summed E-state index contributed by atoms with van der Waals surface area (Å²) in [4.78, 5) is 14.7. The third-order valence-electron chi connectivity index (χ3n) is 3.63. The average Bonchev–Trinajstić information content (AvgIpc) is 2.93. The van der Waals surface area contributed by atoms with Gasteiger partial charge in [0.15, 0.2) is 0 Å². The van der Waals surface area contributed by atoms with Gasteiger partial charge in [-0.1, -0.05) is 6.07 Å². The van der Waals surface area contributed by atoms with E-state index >= 15 is 0 Å². The van der Waals surface area contributed by atoms with E-state index in [1.54, 1.807) is 25.1 Å². The van der Waals surface area contributed by atoms with Gasteiger partial charge in [-0.3, -0.25) is 9.00 Å². The van der Waals surface area contributed by atoms with Crippen LogP contribution in [0.2, 0.25) is 0 Å². The van der Waals surface area contributed by atoms with Crippen LogP contribution in [0, 0.1) is 6.92 Å². The Hall–Kier alpha value is -1.36. The van der Waals surface area contributed by atoms with E-state index in [1.165, 1.54) is 0 Å². The Morgan fingerprint density at radius 3 is 2.63 bits per heavy atom. The van der Waals surface area contributed by atoms with Gasteiger partial charge in [0.25, 0.3) is 0 Å². The first-order valence-corrected chi connectivity index (χ1v) is 7.78. The highest BCUT2D eigenvalue weighted by Gasteiger charge is 2.28. The first kappa shape index (κ1) is 14.1. The summed E-state index contributed by atoms with van der Waals surface area (Å²) in [6, 6.07) is 5.35. The van der Waals surface area contributed by atoms with Gasteiger partial charge < -0.3 is 10.6 Å². The number of carbonyl (C=O) groups is 1. The fraction of sp³-hybridized carbons (Fsp3) is 0.500. The van der Waals surface area contributed by atoms with Crippen LogP contribution in [0.3, 0.4) is 0 Å². The molecule has 1 saturated heterocycles. The highest BCUT2D eigenvalue weighted by molar-refractivity contribution is 7.86. The molecule has 0 spiro atoms. The second-order valence-electron chi connectivity index (χ2n) is 4.94. The Labute approximate surface area is 116 Å². The van der Waals surface area contributed by atoms with Crippen LogP contribution >= 0.6 is 0 Å². The molecule has 0 aliphatic carbocycles. The van der Waals surface area contributed by atoms with Crippen LogP contribution in [-0.2, 0) is 15.6 Å². The molecular formula is C14H20N2O2S. The number of hydrogen-bond donors (Lipinski definition) is 1. The zero-order valence-corrected chi connectivity index (χ0v) is 12.2. The van der Waals surface area contributed by atoms with Gasteiger partial charge in [-0.2, -0.15) is 0 Å². The van der Waals surface area contributed by atoms with Gasteiger partial charge in [-0.05, 0) is 44.4 Å². The second kappa shape index (κ2) is 5.74. The average molecular weight is 280 g/mol. The van der Waals surface area contributed by atoms with Gasteiger partial charge >= 0.3 is 0 Å². The van der Waals surface area contributed by atoms with E-state index in [4.69, 9.17) is 5.73 Å². The van der Waals surface area contributed by atoms with E-state index in [2.05, 4.69) is 0 Å². The maximum Gasteiger partial charge on any atom is 0.238 e. The standard InChI is InChI=1S/C14H20N2O2S/c1-10-12(15)6-5-7-13(10)19(18)11(2)14(17)16-8-3-4-9-16/h5-7,11H,3-4,8-9,15H2,1-2H3. The predicted octanol–water partition coefficient (Wildman–Crippen LogP) is 1.70. The monoisotopic (exact) mass is 280 g/mol. The summed E-state index contributed by atoms with van der Waals surface area (Å²) in [6.45, 7) is 5.15. The van der Waals surface area contributed by atoms with Crippen LogP contribution in [0.25, 0.3) is 0 Å². The Morgan fingerprint density at radius 1 is 1.37 bits per heavy atom. The summed E-state index contributed by atoms with van der Waals surface area (Å²) in [5, 5.41) is -0.515. The molecule has 104 valence electrons. The molecule has 2 atom stereocenters. The van der Waals surface area contributed by atoms with Gasteiger partial charge in [0.05, 0.1) is 10.8 Å². The van der Waals surface area contributed by atoms with Crippen molar-refractivity contribution in [3.63, 3.8) is 0 Å².